The SMILES string of the molecule is CN(C)c1[c]c(N2CCOCC2)nc(Cc2ccc(NC(=O)c3ccc4ccccc4c3)cc2)n1. The molecule has 177 valence electrons. The third-order valence-electron chi connectivity index (χ3n) is 6.01. The van der Waals surface area contributed by atoms with E-state index in [9.17, 15) is 4.79 Å². The Bertz CT molecular complexity index is 1330. The molecule has 1 aliphatic rings. The lowest BCUT2D eigenvalue weighted by atomic mass is 10.1. The third kappa shape index (κ3) is 5.41. The number of hydrogen-bond acceptors (Lipinski definition) is 6. The smallest absolute Gasteiger partial charge is 0.255 e. The second-order valence-electron chi connectivity index (χ2n) is 8.80. The zero-order chi connectivity index (χ0) is 24.2. The molecule has 0 bridgehead atoms. The number of amides is 1. The van der Waals surface area contributed by atoms with Gasteiger partial charge in [0, 0.05) is 44.9 Å². The van der Waals surface area contributed by atoms with Crippen LogP contribution in [0.15, 0.2) is 66.7 Å². The Kier molecular flexibility index (Phi) is 6.59. The van der Waals surface area contributed by atoms with E-state index in [-0.39, 0.29) is 5.91 Å². The molecule has 5 rings (SSSR count). The molecule has 1 radical (unpaired) electrons. The average Bonchev–Trinajstić information content (AvgIpc) is 2.90. The van der Waals surface area contributed by atoms with E-state index in [1.54, 1.807) is 0 Å². The number of hydrogen-bond donors (Lipinski definition) is 1. The number of aromatic nitrogens is 2. The van der Waals surface area contributed by atoms with Gasteiger partial charge in [0.25, 0.3) is 5.91 Å². The summed E-state index contributed by atoms with van der Waals surface area (Å²) in [6, 6.07) is 24.9. The fourth-order valence-corrected chi connectivity index (χ4v) is 4.06. The summed E-state index contributed by atoms with van der Waals surface area (Å²) in [5.41, 5.74) is 2.45. The maximum absolute atomic E-state index is 12.8. The normalized spacial score (nSPS) is 13.6. The molecule has 7 heteroatoms. The molecule has 0 atom stereocenters. The predicted molar refractivity (Wildman–Crippen MR) is 139 cm³/mol. The fraction of sp³-hybridized carbons (Fsp3) is 0.250. The summed E-state index contributed by atoms with van der Waals surface area (Å²) in [4.78, 5) is 26.4. The van der Waals surface area contributed by atoms with E-state index in [4.69, 9.17) is 9.72 Å². The van der Waals surface area contributed by atoms with Crippen molar-refractivity contribution < 1.29 is 9.53 Å². The van der Waals surface area contributed by atoms with Gasteiger partial charge in [-0.15, -0.1) is 0 Å². The number of morpholine rings is 1. The molecule has 0 spiro atoms. The number of carbonyl (C=O) groups is 1. The number of carbonyl (C=O) groups excluding carboxylic acids is 1. The van der Waals surface area contributed by atoms with Crippen molar-refractivity contribution in [3.63, 3.8) is 0 Å². The van der Waals surface area contributed by atoms with Crippen molar-refractivity contribution >= 4 is 34.0 Å². The number of nitrogens with zero attached hydrogens (tertiary/aromatic N) is 4. The van der Waals surface area contributed by atoms with E-state index in [0.29, 0.717) is 25.2 Å². The van der Waals surface area contributed by atoms with Crippen LogP contribution in [0.2, 0.25) is 0 Å². The van der Waals surface area contributed by atoms with E-state index in [1.165, 1.54) is 0 Å². The van der Waals surface area contributed by atoms with Crippen LogP contribution in [0.1, 0.15) is 21.7 Å². The number of benzene rings is 3. The van der Waals surface area contributed by atoms with Gasteiger partial charge in [-0.05, 0) is 40.6 Å². The molecule has 7 nitrogen and oxygen atoms in total. The van der Waals surface area contributed by atoms with E-state index < -0.39 is 0 Å². The zero-order valence-electron chi connectivity index (χ0n) is 20.0. The van der Waals surface area contributed by atoms with Crippen LogP contribution < -0.4 is 15.1 Å². The summed E-state index contributed by atoms with van der Waals surface area (Å²) in [6.07, 6.45) is 0.589. The van der Waals surface area contributed by atoms with Gasteiger partial charge in [0.2, 0.25) is 0 Å². The highest BCUT2D eigenvalue weighted by molar-refractivity contribution is 6.06. The van der Waals surface area contributed by atoms with Gasteiger partial charge >= 0.3 is 0 Å². The summed E-state index contributed by atoms with van der Waals surface area (Å²) >= 11 is 0. The number of ether oxygens (including phenoxy) is 1. The van der Waals surface area contributed by atoms with Gasteiger partial charge in [-0.25, -0.2) is 9.97 Å². The van der Waals surface area contributed by atoms with Crippen LogP contribution in [0.5, 0.6) is 0 Å². The van der Waals surface area contributed by atoms with Crippen molar-refractivity contribution in [3.05, 3.63) is 89.7 Å². The summed E-state index contributed by atoms with van der Waals surface area (Å²) in [5.74, 6) is 2.18. The van der Waals surface area contributed by atoms with Crippen LogP contribution in [-0.4, -0.2) is 56.3 Å². The first-order chi connectivity index (χ1) is 17.0. The molecule has 3 aromatic carbocycles. The topological polar surface area (TPSA) is 70.6 Å². The standard InChI is InChI=1S/C28H28N5O2/c1-32(2)26-19-27(33-13-15-35-16-14-33)31-25(30-26)17-20-7-11-24(12-8-20)29-28(34)23-10-9-21-5-3-4-6-22(21)18-23/h3-12,18H,13-17H2,1-2H3,(H,29,34). The summed E-state index contributed by atoms with van der Waals surface area (Å²) in [7, 11) is 3.91. The number of fused-ring (bicyclic) bond motifs is 1. The van der Waals surface area contributed by atoms with Crippen molar-refractivity contribution in [2.45, 2.75) is 6.42 Å². The predicted octanol–water partition coefficient (Wildman–Crippen LogP) is 4.18. The molecule has 0 unspecified atom stereocenters. The lowest BCUT2D eigenvalue weighted by molar-refractivity contribution is 0.102. The Morgan fingerprint density at radius 1 is 1.00 bits per heavy atom. The first kappa shape index (κ1) is 22.8. The van der Waals surface area contributed by atoms with Crippen LogP contribution in [0.25, 0.3) is 10.8 Å². The molecule has 1 amide bonds. The minimum Gasteiger partial charge on any atom is -0.378 e. The Labute approximate surface area is 205 Å². The Balaban J connectivity index is 1.29. The van der Waals surface area contributed by atoms with Gasteiger partial charge in [-0.2, -0.15) is 0 Å². The van der Waals surface area contributed by atoms with Crippen LogP contribution >= 0.6 is 0 Å². The van der Waals surface area contributed by atoms with Crippen LogP contribution in [0.4, 0.5) is 17.3 Å². The number of nitrogens with one attached hydrogen (secondary N) is 1. The van der Waals surface area contributed by atoms with Gasteiger partial charge < -0.3 is 19.9 Å². The van der Waals surface area contributed by atoms with Crippen molar-refractivity contribution in [3.8, 4) is 0 Å². The van der Waals surface area contributed by atoms with Gasteiger partial charge in [0.1, 0.15) is 17.5 Å². The molecule has 4 aromatic rings. The van der Waals surface area contributed by atoms with Gasteiger partial charge in [0.05, 0.1) is 19.3 Å². The Morgan fingerprint density at radius 2 is 1.74 bits per heavy atom. The molecule has 1 aliphatic heterocycles. The molecule has 0 aliphatic carbocycles. The largest absolute Gasteiger partial charge is 0.378 e. The Morgan fingerprint density at radius 3 is 2.49 bits per heavy atom. The highest BCUT2D eigenvalue weighted by atomic mass is 16.5. The van der Waals surface area contributed by atoms with Crippen LogP contribution in [0, 0.1) is 6.07 Å². The van der Waals surface area contributed by atoms with Gasteiger partial charge in [-0.1, -0.05) is 42.5 Å². The summed E-state index contributed by atoms with van der Waals surface area (Å²) in [6.45, 7) is 2.98. The number of rotatable bonds is 6. The second kappa shape index (κ2) is 10.1. The molecule has 1 N–H and O–H groups in total. The van der Waals surface area contributed by atoms with E-state index in [0.717, 1.165) is 52.6 Å². The lowest BCUT2D eigenvalue weighted by Gasteiger charge is -2.28. The molecular formula is C28H28N5O2. The first-order valence-corrected chi connectivity index (χ1v) is 11.7. The molecule has 0 saturated carbocycles. The molecule has 1 saturated heterocycles. The Hall–Kier alpha value is -3.97. The summed E-state index contributed by atoms with van der Waals surface area (Å²) < 4.78 is 5.47. The second-order valence-corrected chi connectivity index (χ2v) is 8.80. The molecule has 35 heavy (non-hydrogen) atoms. The molecule has 2 heterocycles. The maximum atomic E-state index is 12.8. The van der Waals surface area contributed by atoms with Crippen molar-refractivity contribution in [1.29, 1.82) is 0 Å². The van der Waals surface area contributed by atoms with Crippen molar-refractivity contribution in [2.75, 3.05) is 55.5 Å². The van der Waals surface area contributed by atoms with E-state index in [1.807, 2.05) is 85.7 Å². The summed E-state index contributed by atoms with van der Waals surface area (Å²) in [5, 5.41) is 5.15. The highest BCUT2D eigenvalue weighted by Gasteiger charge is 2.16. The van der Waals surface area contributed by atoms with Crippen molar-refractivity contribution in [1.82, 2.24) is 9.97 Å². The zero-order valence-corrected chi connectivity index (χ0v) is 20.0. The van der Waals surface area contributed by atoms with Crippen LogP contribution in [0.3, 0.4) is 0 Å². The quantitative estimate of drug-likeness (QED) is 0.460. The minimum absolute atomic E-state index is 0.129. The molecule has 1 fully saturated rings. The molecule has 1 aromatic heterocycles. The lowest BCUT2D eigenvalue weighted by Crippen LogP contribution is -2.37. The highest BCUT2D eigenvalue weighted by Crippen LogP contribution is 2.21. The fourth-order valence-electron chi connectivity index (χ4n) is 4.06. The van der Waals surface area contributed by atoms with E-state index in [2.05, 4.69) is 21.3 Å². The van der Waals surface area contributed by atoms with Gasteiger partial charge in [0.15, 0.2) is 0 Å². The minimum atomic E-state index is -0.129. The molecular weight excluding hydrogens is 438 g/mol. The van der Waals surface area contributed by atoms with Crippen molar-refractivity contribution in [2.24, 2.45) is 0 Å². The maximum Gasteiger partial charge on any atom is 0.255 e. The monoisotopic (exact) mass is 466 g/mol. The average molecular weight is 467 g/mol. The van der Waals surface area contributed by atoms with Gasteiger partial charge in [-0.3, -0.25) is 4.79 Å². The third-order valence-corrected chi connectivity index (χ3v) is 6.01. The first-order valence-electron chi connectivity index (χ1n) is 11.7. The number of anilines is 3. The van der Waals surface area contributed by atoms with Crippen LogP contribution in [-0.2, 0) is 11.2 Å². The van der Waals surface area contributed by atoms with E-state index >= 15 is 0 Å².